The smallest absolute Gasteiger partial charge is 0.361 e. The standard InChI is InChI=1S/C18H15ClN2O4/c1-25-17(23)18(24)11-15(12-7-9-14(19)10-8-12)20-21(18)16(22)13-5-3-2-4-6-13/h2-10,24H,11H2,1H3/t18-/m0/s1. The molecule has 0 bridgehead atoms. The normalized spacial score (nSPS) is 19.5. The molecule has 0 saturated carbocycles. The van der Waals surface area contributed by atoms with Crippen LogP contribution in [0.15, 0.2) is 59.7 Å². The molecule has 1 amide bonds. The summed E-state index contributed by atoms with van der Waals surface area (Å²) in [6, 6.07) is 15.0. The Balaban J connectivity index is 2.02. The Morgan fingerprint density at radius 1 is 1.16 bits per heavy atom. The van der Waals surface area contributed by atoms with E-state index in [1.165, 1.54) is 0 Å². The average molecular weight is 359 g/mol. The van der Waals surface area contributed by atoms with E-state index in [0.29, 0.717) is 21.9 Å². The van der Waals surface area contributed by atoms with Crippen LogP contribution in [0.4, 0.5) is 0 Å². The van der Waals surface area contributed by atoms with Gasteiger partial charge < -0.3 is 9.84 Å². The van der Waals surface area contributed by atoms with E-state index in [1.807, 2.05) is 0 Å². The number of hydrogen-bond donors (Lipinski definition) is 1. The van der Waals surface area contributed by atoms with E-state index in [-0.39, 0.29) is 6.42 Å². The summed E-state index contributed by atoms with van der Waals surface area (Å²) < 4.78 is 4.68. The monoisotopic (exact) mass is 358 g/mol. The third kappa shape index (κ3) is 3.14. The van der Waals surface area contributed by atoms with E-state index < -0.39 is 17.6 Å². The molecule has 7 heteroatoms. The van der Waals surface area contributed by atoms with E-state index in [9.17, 15) is 14.7 Å². The van der Waals surface area contributed by atoms with Gasteiger partial charge in [-0.1, -0.05) is 41.9 Å². The molecule has 3 rings (SSSR count). The van der Waals surface area contributed by atoms with Crippen molar-refractivity contribution >= 4 is 29.2 Å². The number of hydrazone groups is 1. The molecule has 128 valence electrons. The quantitative estimate of drug-likeness (QED) is 0.855. The number of benzene rings is 2. The highest BCUT2D eigenvalue weighted by Gasteiger charge is 2.52. The fraction of sp³-hybridized carbons (Fsp3) is 0.167. The number of carbonyl (C=O) groups excluding carboxylic acids is 2. The van der Waals surface area contributed by atoms with Crippen molar-refractivity contribution in [3.8, 4) is 0 Å². The maximum absolute atomic E-state index is 12.7. The SMILES string of the molecule is COC(=O)[C@@]1(O)CC(c2ccc(Cl)cc2)=NN1C(=O)c1ccccc1. The molecule has 6 nitrogen and oxygen atoms in total. The summed E-state index contributed by atoms with van der Waals surface area (Å²) in [7, 11) is 1.14. The summed E-state index contributed by atoms with van der Waals surface area (Å²) in [6.45, 7) is 0. The molecule has 1 atom stereocenters. The minimum Gasteiger partial charge on any atom is -0.465 e. The maximum atomic E-state index is 12.7. The van der Waals surface area contributed by atoms with Gasteiger partial charge in [0.2, 0.25) is 0 Å². The fourth-order valence-electron chi connectivity index (χ4n) is 2.59. The van der Waals surface area contributed by atoms with Gasteiger partial charge in [0, 0.05) is 10.6 Å². The number of carbonyl (C=O) groups is 2. The van der Waals surface area contributed by atoms with Gasteiger partial charge in [-0.25, -0.2) is 4.79 Å². The van der Waals surface area contributed by atoms with Crippen molar-refractivity contribution in [2.24, 2.45) is 5.10 Å². The summed E-state index contributed by atoms with van der Waals surface area (Å²) in [5, 5.41) is 16.3. The van der Waals surface area contributed by atoms with Crippen LogP contribution in [0.3, 0.4) is 0 Å². The minimum atomic E-state index is -2.20. The number of ether oxygens (including phenoxy) is 1. The Hall–Kier alpha value is -2.70. The van der Waals surface area contributed by atoms with Crippen LogP contribution in [0, 0.1) is 0 Å². The van der Waals surface area contributed by atoms with Crippen molar-refractivity contribution in [2.75, 3.05) is 7.11 Å². The Bertz CT molecular complexity index is 836. The Morgan fingerprint density at radius 3 is 2.40 bits per heavy atom. The lowest BCUT2D eigenvalue weighted by molar-refractivity contribution is -0.176. The van der Waals surface area contributed by atoms with Gasteiger partial charge in [-0.3, -0.25) is 4.79 Å². The van der Waals surface area contributed by atoms with Crippen molar-refractivity contribution in [1.82, 2.24) is 5.01 Å². The van der Waals surface area contributed by atoms with Crippen LogP contribution in [0.5, 0.6) is 0 Å². The first-order chi connectivity index (χ1) is 12.0. The largest absolute Gasteiger partial charge is 0.465 e. The van der Waals surface area contributed by atoms with Crippen molar-refractivity contribution < 1.29 is 19.4 Å². The van der Waals surface area contributed by atoms with Crippen LogP contribution >= 0.6 is 11.6 Å². The Kier molecular flexibility index (Phi) is 4.57. The average Bonchev–Trinajstić information content (AvgIpc) is 3.00. The molecule has 1 aliphatic rings. The topological polar surface area (TPSA) is 79.2 Å². The number of nitrogens with zero attached hydrogens (tertiary/aromatic N) is 2. The lowest BCUT2D eigenvalue weighted by atomic mass is 10.0. The zero-order valence-electron chi connectivity index (χ0n) is 13.3. The molecule has 0 unspecified atom stereocenters. The van der Waals surface area contributed by atoms with Gasteiger partial charge in [0.15, 0.2) is 0 Å². The number of rotatable bonds is 3. The van der Waals surface area contributed by atoms with Crippen molar-refractivity contribution in [2.45, 2.75) is 12.1 Å². The van der Waals surface area contributed by atoms with Crippen molar-refractivity contribution in [3.63, 3.8) is 0 Å². The molecule has 2 aromatic carbocycles. The second-order valence-electron chi connectivity index (χ2n) is 5.52. The second-order valence-corrected chi connectivity index (χ2v) is 5.96. The number of halogens is 1. The fourth-order valence-corrected chi connectivity index (χ4v) is 2.71. The molecule has 2 aromatic rings. The predicted molar refractivity (Wildman–Crippen MR) is 92.2 cm³/mol. The lowest BCUT2D eigenvalue weighted by Crippen LogP contribution is -2.52. The maximum Gasteiger partial charge on any atom is 0.361 e. The summed E-state index contributed by atoms with van der Waals surface area (Å²) in [5.41, 5.74) is -0.869. The second kappa shape index (κ2) is 6.66. The highest BCUT2D eigenvalue weighted by Crippen LogP contribution is 2.31. The molecule has 0 fully saturated rings. The van der Waals surface area contributed by atoms with Gasteiger partial charge in [0.1, 0.15) is 0 Å². The van der Waals surface area contributed by atoms with Gasteiger partial charge in [0.25, 0.3) is 11.6 Å². The van der Waals surface area contributed by atoms with Crippen LogP contribution in [-0.4, -0.2) is 40.5 Å². The van der Waals surface area contributed by atoms with Gasteiger partial charge in [-0.2, -0.15) is 10.1 Å². The number of esters is 1. The molecule has 1 aliphatic heterocycles. The van der Waals surface area contributed by atoms with Crippen molar-refractivity contribution in [1.29, 1.82) is 0 Å². The van der Waals surface area contributed by atoms with Crippen LogP contribution in [0.25, 0.3) is 0 Å². The molecule has 0 radical (unpaired) electrons. The molecule has 1 N–H and O–H groups in total. The Morgan fingerprint density at radius 2 is 1.80 bits per heavy atom. The first kappa shape index (κ1) is 17.1. The van der Waals surface area contributed by atoms with Crippen LogP contribution < -0.4 is 0 Å². The number of hydrogen-bond acceptors (Lipinski definition) is 5. The van der Waals surface area contributed by atoms with E-state index in [1.54, 1.807) is 54.6 Å². The van der Waals surface area contributed by atoms with Crippen molar-refractivity contribution in [3.05, 3.63) is 70.7 Å². The first-order valence-corrected chi connectivity index (χ1v) is 7.87. The van der Waals surface area contributed by atoms with Crippen LogP contribution in [0.2, 0.25) is 5.02 Å². The zero-order chi connectivity index (χ0) is 18.0. The lowest BCUT2D eigenvalue weighted by Gasteiger charge is -2.28. The van der Waals surface area contributed by atoms with Crippen LogP contribution in [0.1, 0.15) is 22.3 Å². The molecule has 0 aromatic heterocycles. The highest BCUT2D eigenvalue weighted by molar-refractivity contribution is 6.30. The summed E-state index contributed by atoms with van der Waals surface area (Å²) in [5.74, 6) is -1.55. The molecule has 0 aliphatic carbocycles. The molecule has 1 heterocycles. The van der Waals surface area contributed by atoms with E-state index in [4.69, 9.17) is 11.6 Å². The first-order valence-electron chi connectivity index (χ1n) is 7.49. The molecule has 0 saturated heterocycles. The number of amides is 1. The minimum absolute atomic E-state index is 0.181. The molecular weight excluding hydrogens is 344 g/mol. The van der Waals surface area contributed by atoms with E-state index >= 15 is 0 Å². The molecule has 25 heavy (non-hydrogen) atoms. The summed E-state index contributed by atoms with van der Waals surface area (Å²) >= 11 is 5.88. The zero-order valence-corrected chi connectivity index (χ0v) is 14.1. The van der Waals surface area contributed by atoms with E-state index in [2.05, 4.69) is 9.84 Å². The van der Waals surface area contributed by atoms with Crippen LogP contribution in [-0.2, 0) is 9.53 Å². The summed E-state index contributed by atoms with van der Waals surface area (Å²) in [4.78, 5) is 24.9. The number of aliphatic hydroxyl groups is 1. The van der Waals surface area contributed by atoms with Gasteiger partial charge >= 0.3 is 5.97 Å². The molecular formula is C18H15ClN2O4. The Labute approximate surface area is 149 Å². The van der Waals surface area contributed by atoms with Gasteiger partial charge in [-0.15, -0.1) is 0 Å². The predicted octanol–water partition coefficient (Wildman–Crippen LogP) is 2.45. The number of methoxy groups -OCH3 is 1. The third-order valence-corrected chi connectivity index (χ3v) is 4.14. The highest BCUT2D eigenvalue weighted by atomic mass is 35.5. The van der Waals surface area contributed by atoms with E-state index in [0.717, 1.165) is 12.1 Å². The summed E-state index contributed by atoms with van der Waals surface area (Å²) in [6.07, 6.45) is -0.181. The third-order valence-electron chi connectivity index (χ3n) is 3.89. The van der Waals surface area contributed by atoms with Gasteiger partial charge in [-0.05, 0) is 29.8 Å². The molecule has 0 spiro atoms. The van der Waals surface area contributed by atoms with Gasteiger partial charge in [0.05, 0.1) is 19.2 Å².